The summed E-state index contributed by atoms with van der Waals surface area (Å²) in [7, 11) is 0. The first kappa shape index (κ1) is 18.6. The van der Waals surface area contributed by atoms with Crippen LogP contribution in [0.25, 0.3) is 0 Å². The van der Waals surface area contributed by atoms with Gasteiger partial charge in [0.15, 0.2) is 17.3 Å². The topological polar surface area (TPSA) is 35.5 Å². The lowest BCUT2D eigenvalue weighted by atomic mass is 10.0. The highest BCUT2D eigenvalue weighted by Gasteiger charge is 2.12. The van der Waals surface area contributed by atoms with Gasteiger partial charge in [0.25, 0.3) is 0 Å². The Morgan fingerprint density at radius 3 is 2.38 bits per heavy atom. The predicted octanol–water partition coefficient (Wildman–Crippen LogP) is 5.61. The van der Waals surface area contributed by atoms with E-state index in [4.69, 9.17) is 9.47 Å². The van der Waals surface area contributed by atoms with Crippen LogP contribution in [-0.4, -0.2) is 12.6 Å². The monoisotopic (exact) mass is 330 g/mol. The van der Waals surface area contributed by atoms with E-state index >= 15 is 0 Å². The van der Waals surface area contributed by atoms with Crippen molar-refractivity contribution >= 4 is 5.78 Å². The van der Waals surface area contributed by atoms with E-state index in [-0.39, 0.29) is 5.78 Å². The lowest BCUT2D eigenvalue weighted by Gasteiger charge is -2.04. The number of ether oxygens (including phenoxy) is 2. The average molecular weight is 330 g/mol. The van der Waals surface area contributed by atoms with Crippen LogP contribution in [0.2, 0.25) is 0 Å². The Bertz CT molecular complexity index is 534. The summed E-state index contributed by atoms with van der Waals surface area (Å²) in [5.41, 5.74) is 1.35. The molecule has 0 saturated heterocycles. The normalized spacial score (nSPS) is 12.9. The summed E-state index contributed by atoms with van der Waals surface area (Å²) in [6, 6.07) is 6.28. The highest BCUT2D eigenvalue weighted by atomic mass is 16.7. The first-order valence-corrected chi connectivity index (χ1v) is 9.31. The van der Waals surface area contributed by atoms with Crippen molar-refractivity contribution < 1.29 is 14.3 Å². The summed E-state index contributed by atoms with van der Waals surface area (Å²) in [5.74, 6) is 1.91. The molecular formula is C21H30O3. The largest absolute Gasteiger partial charge is 0.454 e. The molecule has 1 aliphatic heterocycles. The lowest BCUT2D eigenvalue weighted by molar-refractivity contribution is -0.112. The molecule has 24 heavy (non-hydrogen) atoms. The summed E-state index contributed by atoms with van der Waals surface area (Å²) in [5, 5.41) is 0. The van der Waals surface area contributed by atoms with Gasteiger partial charge in [0.2, 0.25) is 6.79 Å². The van der Waals surface area contributed by atoms with Gasteiger partial charge in [-0.1, -0.05) is 50.7 Å². The first-order valence-electron chi connectivity index (χ1n) is 9.31. The van der Waals surface area contributed by atoms with Crippen molar-refractivity contribution in [2.24, 2.45) is 0 Å². The molecule has 0 N–H and O–H groups in total. The van der Waals surface area contributed by atoms with Gasteiger partial charge >= 0.3 is 0 Å². The number of carbonyl (C=O) groups excluding carboxylic acids is 1. The number of hydrogen-bond donors (Lipinski definition) is 0. The second kappa shape index (κ2) is 10.9. The zero-order chi connectivity index (χ0) is 17.0. The number of hydrogen-bond acceptors (Lipinski definition) is 3. The van der Waals surface area contributed by atoms with E-state index in [1.54, 1.807) is 13.0 Å². The van der Waals surface area contributed by atoms with Crippen molar-refractivity contribution in [3.05, 3.63) is 35.9 Å². The number of fused-ring (bicyclic) bond motifs is 1. The average Bonchev–Trinajstić information content (AvgIpc) is 3.03. The predicted molar refractivity (Wildman–Crippen MR) is 97.6 cm³/mol. The summed E-state index contributed by atoms with van der Waals surface area (Å²) in [6.07, 6.45) is 16.2. The number of ketones is 1. The van der Waals surface area contributed by atoms with Crippen molar-refractivity contribution in [2.75, 3.05) is 6.79 Å². The molecule has 0 bridgehead atoms. The van der Waals surface area contributed by atoms with Crippen LogP contribution in [0, 0.1) is 0 Å². The van der Waals surface area contributed by atoms with Crippen molar-refractivity contribution in [1.82, 2.24) is 0 Å². The molecule has 1 aromatic carbocycles. The highest BCUT2D eigenvalue weighted by Crippen LogP contribution is 2.32. The maximum atomic E-state index is 10.7. The summed E-state index contributed by atoms with van der Waals surface area (Å²) in [6.45, 7) is 1.95. The van der Waals surface area contributed by atoms with Gasteiger partial charge in [-0.3, -0.25) is 4.79 Å². The minimum absolute atomic E-state index is 0.149. The van der Waals surface area contributed by atoms with Crippen LogP contribution in [-0.2, 0) is 11.2 Å². The number of unbranched alkanes of at least 4 members (excludes halogenated alkanes) is 8. The van der Waals surface area contributed by atoms with E-state index in [9.17, 15) is 4.79 Å². The minimum atomic E-state index is 0.149. The molecule has 1 heterocycles. The molecule has 3 nitrogen and oxygen atoms in total. The summed E-state index contributed by atoms with van der Waals surface area (Å²) >= 11 is 0. The Morgan fingerprint density at radius 2 is 1.62 bits per heavy atom. The first-order chi connectivity index (χ1) is 11.8. The fourth-order valence-corrected chi connectivity index (χ4v) is 3.00. The lowest BCUT2D eigenvalue weighted by Crippen LogP contribution is -1.93. The van der Waals surface area contributed by atoms with Crippen LogP contribution >= 0.6 is 0 Å². The van der Waals surface area contributed by atoms with Crippen LogP contribution in [0.15, 0.2) is 30.4 Å². The molecule has 132 valence electrons. The molecule has 2 rings (SSSR count). The van der Waals surface area contributed by atoms with Gasteiger partial charge < -0.3 is 9.47 Å². The third kappa shape index (κ3) is 7.20. The van der Waals surface area contributed by atoms with Crippen LogP contribution in [0.1, 0.15) is 70.3 Å². The minimum Gasteiger partial charge on any atom is -0.454 e. The van der Waals surface area contributed by atoms with E-state index in [0.29, 0.717) is 6.79 Å². The second-order valence-electron chi connectivity index (χ2n) is 6.57. The van der Waals surface area contributed by atoms with Crippen LogP contribution in [0.5, 0.6) is 11.5 Å². The van der Waals surface area contributed by atoms with Gasteiger partial charge in [-0.05, 0) is 56.4 Å². The van der Waals surface area contributed by atoms with Crippen LogP contribution in [0.3, 0.4) is 0 Å². The Morgan fingerprint density at radius 1 is 0.958 bits per heavy atom. The molecule has 0 amide bonds. The number of aryl methyl sites for hydroxylation is 1. The molecule has 0 saturated carbocycles. The number of rotatable bonds is 12. The van der Waals surface area contributed by atoms with Gasteiger partial charge in [0.05, 0.1) is 0 Å². The molecule has 0 fully saturated rings. The second-order valence-corrected chi connectivity index (χ2v) is 6.57. The van der Waals surface area contributed by atoms with Crippen molar-refractivity contribution in [3.63, 3.8) is 0 Å². The number of allylic oxidation sites excluding steroid dienone is 2. The van der Waals surface area contributed by atoms with Crippen LogP contribution < -0.4 is 9.47 Å². The Hall–Kier alpha value is -1.77. The molecule has 1 aromatic rings. The quantitative estimate of drug-likeness (QED) is 0.369. The van der Waals surface area contributed by atoms with Gasteiger partial charge in [-0.25, -0.2) is 0 Å². The molecule has 0 spiro atoms. The SMILES string of the molecule is CC(=O)C=CCCCCCCCCCCc1ccc2c(c1)OCO2. The standard InChI is InChI=1S/C21H30O3/c1-18(22)12-10-8-6-4-2-3-5-7-9-11-13-19-14-15-20-21(16-19)24-17-23-20/h10,12,14-16H,2-9,11,13,17H2,1H3. The molecule has 0 atom stereocenters. The zero-order valence-corrected chi connectivity index (χ0v) is 14.9. The Balaban J connectivity index is 1.41. The molecule has 3 heteroatoms. The van der Waals surface area contributed by atoms with Gasteiger partial charge in [-0.15, -0.1) is 0 Å². The smallest absolute Gasteiger partial charge is 0.231 e. The summed E-state index contributed by atoms with van der Waals surface area (Å²) in [4.78, 5) is 10.7. The van der Waals surface area contributed by atoms with E-state index in [0.717, 1.165) is 24.3 Å². The molecular weight excluding hydrogens is 300 g/mol. The molecule has 0 aromatic heterocycles. The fourth-order valence-electron chi connectivity index (χ4n) is 3.00. The van der Waals surface area contributed by atoms with Gasteiger partial charge in [0.1, 0.15) is 0 Å². The number of carbonyl (C=O) groups is 1. The van der Waals surface area contributed by atoms with E-state index in [2.05, 4.69) is 12.1 Å². The Kier molecular flexibility index (Phi) is 8.43. The maximum absolute atomic E-state index is 10.7. The van der Waals surface area contributed by atoms with Crippen LogP contribution in [0.4, 0.5) is 0 Å². The summed E-state index contributed by atoms with van der Waals surface area (Å²) < 4.78 is 10.7. The van der Waals surface area contributed by atoms with Gasteiger partial charge in [0, 0.05) is 0 Å². The van der Waals surface area contributed by atoms with E-state index in [1.165, 1.54) is 56.9 Å². The van der Waals surface area contributed by atoms with E-state index in [1.807, 2.05) is 12.1 Å². The van der Waals surface area contributed by atoms with E-state index < -0.39 is 0 Å². The molecule has 1 aliphatic rings. The fraction of sp³-hybridized carbons (Fsp3) is 0.571. The Labute approximate surface area is 146 Å². The van der Waals surface area contributed by atoms with Crippen molar-refractivity contribution in [1.29, 1.82) is 0 Å². The third-order valence-corrected chi connectivity index (χ3v) is 4.38. The van der Waals surface area contributed by atoms with Crippen molar-refractivity contribution in [3.8, 4) is 11.5 Å². The number of benzene rings is 1. The third-order valence-electron chi connectivity index (χ3n) is 4.38. The van der Waals surface area contributed by atoms with Crippen molar-refractivity contribution in [2.45, 2.75) is 71.1 Å². The molecule has 0 radical (unpaired) electrons. The molecule has 0 aliphatic carbocycles. The zero-order valence-electron chi connectivity index (χ0n) is 14.9. The maximum Gasteiger partial charge on any atom is 0.231 e. The van der Waals surface area contributed by atoms with Gasteiger partial charge in [-0.2, -0.15) is 0 Å². The molecule has 0 unspecified atom stereocenters. The highest BCUT2D eigenvalue weighted by molar-refractivity contribution is 5.87.